The Bertz CT molecular complexity index is 561. The number of hydrogen-bond acceptors (Lipinski definition) is 5. The fourth-order valence-electron chi connectivity index (χ4n) is 2.00. The maximum Gasteiger partial charge on any atom is 0.356 e. The molecule has 0 aromatic carbocycles. The van der Waals surface area contributed by atoms with Crippen LogP contribution >= 0.6 is 11.3 Å². The van der Waals surface area contributed by atoms with Crippen molar-refractivity contribution in [2.75, 3.05) is 6.54 Å². The number of hydrogen-bond donors (Lipinski definition) is 2. The molecule has 7 heteroatoms. The number of carboxylic acid groups (broad SMARTS) is 1. The van der Waals surface area contributed by atoms with Crippen LogP contribution in [0.5, 0.6) is 0 Å². The van der Waals surface area contributed by atoms with E-state index in [1.165, 1.54) is 11.3 Å². The van der Waals surface area contributed by atoms with Crippen molar-refractivity contribution in [3.63, 3.8) is 0 Å². The van der Waals surface area contributed by atoms with Gasteiger partial charge in [-0.1, -0.05) is 0 Å². The third-order valence-corrected chi connectivity index (χ3v) is 3.48. The highest BCUT2D eigenvalue weighted by Gasteiger charge is 2.25. The molecule has 1 aliphatic heterocycles. The summed E-state index contributed by atoms with van der Waals surface area (Å²) in [5, 5.41) is 19.0. The summed E-state index contributed by atoms with van der Waals surface area (Å²) >= 11 is 1.45. The van der Waals surface area contributed by atoms with Crippen molar-refractivity contribution >= 4 is 17.3 Å². The summed E-state index contributed by atoms with van der Waals surface area (Å²) in [5.74, 6) is -0.986. The Balaban J connectivity index is 2.19. The average Bonchev–Trinajstić information content (AvgIpc) is 2.95. The molecule has 2 aromatic rings. The first kappa shape index (κ1) is 10.4. The van der Waals surface area contributed by atoms with Crippen LogP contribution in [0.4, 0.5) is 0 Å². The lowest BCUT2D eigenvalue weighted by Gasteiger charge is -2.13. The smallest absolute Gasteiger partial charge is 0.356 e. The van der Waals surface area contributed by atoms with Gasteiger partial charge < -0.3 is 10.4 Å². The van der Waals surface area contributed by atoms with Crippen molar-refractivity contribution in [1.29, 1.82) is 0 Å². The molecule has 3 rings (SSSR count). The van der Waals surface area contributed by atoms with Crippen LogP contribution in [0.15, 0.2) is 11.6 Å². The summed E-state index contributed by atoms with van der Waals surface area (Å²) in [6.07, 6.45) is 2.46. The van der Waals surface area contributed by atoms with Gasteiger partial charge in [0.2, 0.25) is 5.13 Å². The number of aromatic nitrogens is 3. The first-order chi connectivity index (χ1) is 8.27. The number of carbonyl (C=O) groups is 1. The Labute approximate surface area is 101 Å². The Kier molecular flexibility index (Phi) is 2.41. The van der Waals surface area contributed by atoms with Gasteiger partial charge in [0.1, 0.15) is 0 Å². The molecule has 2 aromatic heterocycles. The monoisotopic (exact) mass is 250 g/mol. The Hall–Kier alpha value is -1.73. The Morgan fingerprint density at radius 1 is 1.59 bits per heavy atom. The highest BCUT2D eigenvalue weighted by Crippen LogP contribution is 2.22. The predicted octanol–water partition coefficient (Wildman–Crippen LogP) is 0.673. The van der Waals surface area contributed by atoms with Gasteiger partial charge in [-0.3, -0.25) is 0 Å². The summed E-state index contributed by atoms with van der Waals surface area (Å²) in [5.41, 5.74) is 1.86. The highest BCUT2D eigenvalue weighted by atomic mass is 32.1. The van der Waals surface area contributed by atoms with Crippen LogP contribution in [0.1, 0.15) is 21.7 Å². The Morgan fingerprint density at radius 2 is 2.47 bits per heavy atom. The molecule has 88 valence electrons. The molecule has 2 N–H and O–H groups in total. The minimum Gasteiger partial charge on any atom is -0.476 e. The van der Waals surface area contributed by atoms with Crippen molar-refractivity contribution in [3.05, 3.63) is 28.5 Å². The molecular weight excluding hydrogens is 240 g/mol. The van der Waals surface area contributed by atoms with Crippen molar-refractivity contribution in [2.24, 2.45) is 0 Å². The van der Waals surface area contributed by atoms with E-state index < -0.39 is 5.97 Å². The van der Waals surface area contributed by atoms with Gasteiger partial charge in [0, 0.05) is 36.7 Å². The number of thiazole rings is 1. The van der Waals surface area contributed by atoms with Crippen molar-refractivity contribution in [3.8, 4) is 5.13 Å². The Morgan fingerprint density at radius 3 is 3.18 bits per heavy atom. The quantitative estimate of drug-likeness (QED) is 0.819. The van der Waals surface area contributed by atoms with Crippen LogP contribution in [0, 0.1) is 0 Å². The van der Waals surface area contributed by atoms with E-state index in [4.69, 9.17) is 5.11 Å². The lowest BCUT2D eigenvalue weighted by atomic mass is 10.1. The number of fused-ring (bicyclic) bond motifs is 1. The van der Waals surface area contributed by atoms with Crippen LogP contribution in [0.25, 0.3) is 5.13 Å². The number of aromatic carboxylic acids is 1. The van der Waals surface area contributed by atoms with Gasteiger partial charge in [0.25, 0.3) is 0 Å². The minimum atomic E-state index is -0.986. The molecule has 6 nitrogen and oxygen atoms in total. The molecular formula is C10H10N4O2S. The molecule has 0 radical (unpaired) electrons. The van der Waals surface area contributed by atoms with Crippen LogP contribution in [-0.4, -0.2) is 32.4 Å². The van der Waals surface area contributed by atoms with E-state index in [1.807, 2.05) is 5.38 Å². The van der Waals surface area contributed by atoms with E-state index in [0.717, 1.165) is 29.4 Å². The molecule has 0 fully saturated rings. The van der Waals surface area contributed by atoms with E-state index >= 15 is 0 Å². The van der Waals surface area contributed by atoms with Gasteiger partial charge in [0.15, 0.2) is 5.69 Å². The number of nitrogens with zero attached hydrogens (tertiary/aromatic N) is 3. The topological polar surface area (TPSA) is 80.0 Å². The fraction of sp³-hybridized carbons (Fsp3) is 0.300. The zero-order chi connectivity index (χ0) is 11.8. The second-order valence-electron chi connectivity index (χ2n) is 3.73. The van der Waals surface area contributed by atoms with Gasteiger partial charge in [-0.05, 0) is 0 Å². The third kappa shape index (κ3) is 1.63. The van der Waals surface area contributed by atoms with E-state index in [9.17, 15) is 4.79 Å². The SMILES string of the molecule is O=C(O)c1nn(-c2nccs2)c2c1CNCC2. The summed E-state index contributed by atoms with van der Waals surface area (Å²) < 4.78 is 1.66. The first-order valence-electron chi connectivity index (χ1n) is 5.22. The molecule has 3 heterocycles. The second-order valence-corrected chi connectivity index (χ2v) is 4.61. The summed E-state index contributed by atoms with van der Waals surface area (Å²) in [6, 6.07) is 0. The number of rotatable bonds is 2. The molecule has 0 amide bonds. The molecule has 0 saturated heterocycles. The summed E-state index contributed by atoms with van der Waals surface area (Å²) in [6.45, 7) is 1.39. The van der Waals surface area contributed by atoms with Crippen molar-refractivity contribution in [1.82, 2.24) is 20.1 Å². The summed E-state index contributed by atoms with van der Waals surface area (Å²) in [4.78, 5) is 15.3. The van der Waals surface area contributed by atoms with Crippen LogP contribution < -0.4 is 5.32 Å². The van der Waals surface area contributed by atoms with Gasteiger partial charge in [-0.25, -0.2) is 14.5 Å². The molecule has 0 aliphatic carbocycles. The van der Waals surface area contributed by atoms with E-state index in [1.54, 1.807) is 10.9 Å². The number of carboxylic acids is 1. The van der Waals surface area contributed by atoms with Crippen LogP contribution in [-0.2, 0) is 13.0 Å². The van der Waals surface area contributed by atoms with E-state index in [0.29, 0.717) is 6.54 Å². The second kappa shape index (κ2) is 3.94. The molecule has 17 heavy (non-hydrogen) atoms. The van der Waals surface area contributed by atoms with Crippen LogP contribution in [0.2, 0.25) is 0 Å². The van der Waals surface area contributed by atoms with Gasteiger partial charge in [0.05, 0.1) is 5.69 Å². The molecule has 0 unspecified atom stereocenters. The largest absolute Gasteiger partial charge is 0.476 e. The minimum absolute atomic E-state index is 0.127. The molecule has 1 aliphatic rings. The van der Waals surface area contributed by atoms with E-state index in [2.05, 4.69) is 15.4 Å². The summed E-state index contributed by atoms with van der Waals surface area (Å²) in [7, 11) is 0. The highest BCUT2D eigenvalue weighted by molar-refractivity contribution is 7.12. The molecule has 0 saturated carbocycles. The van der Waals surface area contributed by atoms with Crippen LogP contribution in [0.3, 0.4) is 0 Å². The van der Waals surface area contributed by atoms with Gasteiger partial charge in [-0.2, -0.15) is 5.10 Å². The van der Waals surface area contributed by atoms with E-state index in [-0.39, 0.29) is 5.69 Å². The van der Waals surface area contributed by atoms with Gasteiger partial charge in [-0.15, -0.1) is 11.3 Å². The van der Waals surface area contributed by atoms with Crippen molar-refractivity contribution < 1.29 is 9.90 Å². The zero-order valence-electron chi connectivity index (χ0n) is 8.88. The molecule has 0 bridgehead atoms. The normalized spacial score (nSPS) is 14.6. The fourth-order valence-corrected chi connectivity index (χ4v) is 2.61. The van der Waals surface area contributed by atoms with Crippen molar-refractivity contribution in [2.45, 2.75) is 13.0 Å². The average molecular weight is 250 g/mol. The lowest BCUT2D eigenvalue weighted by Crippen LogP contribution is -2.25. The predicted molar refractivity (Wildman–Crippen MR) is 61.6 cm³/mol. The molecule has 0 atom stereocenters. The first-order valence-corrected chi connectivity index (χ1v) is 6.10. The maximum atomic E-state index is 11.1. The third-order valence-electron chi connectivity index (χ3n) is 2.73. The van der Waals surface area contributed by atoms with Gasteiger partial charge >= 0.3 is 5.97 Å². The standard InChI is InChI=1S/C10H10N4O2S/c15-9(16)8-6-5-11-2-1-7(6)14(13-8)10-12-3-4-17-10/h3-4,11H,1-2,5H2,(H,15,16). The molecule has 0 spiro atoms. The number of nitrogens with one attached hydrogen (secondary N) is 1. The maximum absolute atomic E-state index is 11.1. The lowest BCUT2D eigenvalue weighted by molar-refractivity contribution is 0.0688. The zero-order valence-corrected chi connectivity index (χ0v) is 9.70.